The molecule has 0 saturated carbocycles. The molecule has 108 valence electrons. The Bertz CT molecular complexity index is 499. The summed E-state index contributed by atoms with van der Waals surface area (Å²) in [4.78, 5) is 25.9. The van der Waals surface area contributed by atoms with Crippen LogP contribution in [-0.2, 0) is 4.79 Å². The van der Waals surface area contributed by atoms with Crippen molar-refractivity contribution in [2.24, 2.45) is 11.7 Å². The predicted octanol–water partition coefficient (Wildman–Crippen LogP) is 1.59. The average molecular weight is 278 g/mol. The molecule has 4 nitrogen and oxygen atoms in total. The van der Waals surface area contributed by atoms with E-state index >= 15 is 0 Å². The molecule has 20 heavy (non-hydrogen) atoms. The molecule has 0 spiro atoms. The Morgan fingerprint density at radius 2 is 2.00 bits per heavy atom. The van der Waals surface area contributed by atoms with Crippen LogP contribution in [0.3, 0.4) is 0 Å². The van der Waals surface area contributed by atoms with Gasteiger partial charge in [0.1, 0.15) is 5.82 Å². The van der Waals surface area contributed by atoms with Gasteiger partial charge >= 0.3 is 0 Å². The van der Waals surface area contributed by atoms with Crippen LogP contribution in [0.25, 0.3) is 0 Å². The van der Waals surface area contributed by atoms with Crippen LogP contribution < -0.4 is 5.73 Å². The number of halogens is 1. The monoisotopic (exact) mass is 278 g/mol. The van der Waals surface area contributed by atoms with Gasteiger partial charge in [-0.2, -0.15) is 0 Å². The molecule has 1 aromatic rings. The Kier molecular flexibility index (Phi) is 4.49. The van der Waals surface area contributed by atoms with Gasteiger partial charge in [-0.3, -0.25) is 9.59 Å². The maximum atomic E-state index is 12.9. The molecule has 1 saturated heterocycles. The van der Waals surface area contributed by atoms with Crippen molar-refractivity contribution >= 4 is 11.7 Å². The van der Waals surface area contributed by atoms with E-state index in [-0.39, 0.29) is 23.4 Å². The molecule has 1 fully saturated rings. The molecular weight excluding hydrogens is 259 g/mol. The maximum Gasteiger partial charge on any atom is 0.239 e. The molecule has 1 aliphatic rings. The Morgan fingerprint density at radius 3 is 2.60 bits per heavy atom. The lowest BCUT2D eigenvalue weighted by molar-refractivity contribution is -0.133. The second-order valence-electron chi connectivity index (χ2n) is 5.28. The first kappa shape index (κ1) is 14.7. The van der Waals surface area contributed by atoms with Crippen LogP contribution >= 0.6 is 0 Å². The lowest BCUT2D eigenvalue weighted by Crippen LogP contribution is -2.48. The number of carbonyl (C=O) groups excluding carboxylic acids is 2. The first-order chi connectivity index (χ1) is 9.49. The smallest absolute Gasteiger partial charge is 0.239 e. The summed E-state index contributed by atoms with van der Waals surface area (Å²) in [5.74, 6) is -0.746. The summed E-state index contributed by atoms with van der Waals surface area (Å²) in [5, 5.41) is 0. The molecule has 1 aromatic carbocycles. The molecule has 0 bridgehead atoms. The van der Waals surface area contributed by atoms with Gasteiger partial charge in [0, 0.05) is 24.6 Å². The zero-order valence-electron chi connectivity index (χ0n) is 11.5. The number of nitrogens with zero attached hydrogens (tertiary/aromatic N) is 1. The highest BCUT2D eigenvalue weighted by Gasteiger charge is 2.29. The maximum absolute atomic E-state index is 12.9. The minimum Gasteiger partial charge on any atom is -0.341 e. The van der Waals surface area contributed by atoms with Crippen molar-refractivity contribution in [3.63, 3.8) is 0 Å². The Labute approximate surface area is 117 Å². The third kappa shape index (κ3) is 3.22. The SMILES string of the molecule is C[C@@H](N)C(=O)N1CCCC(C(=O)c2ccc(F)cc2)C1. The fourth-order valence-electron chi connectivity index (χ4n) is 2.53. The quantitative estimate of drug-likeness (QED) is 0.854. The van der Waals surface area contributed by atoms with Crippen molar-refractivity contribution in [3.05, 3.63) is 35.6 Å². The zero-order chi connectivity index (χ0) is 14.7. The molecule has 5 heteroatoms. The van der Waals surface area contributed by atoms with Crippen LogP contribution in [0, 0.1) is 11.7 Å². The zero-order valence-corrected chi connectivity index (χ0v) is 11.5. The highest BCUT2D eigenvalue weighted by molar-refractivity contribution is 5.98. The number of hydrogen-bond donors (Lipinski definition) is 1. The molecular formula is C15H19FN2O2. The molecule has 2 N–H and O–H groups in total. The second kappa shape index (κ2) is 6.13. The van der Waals surface area contributed by atoms with Crippen molar-refractivity contribution in [2.45, 2.75) is 25.8 Å². The summed E-state index contributed by atoms with van der Waals surface area (Å²) in [6, 6.07) is 4.99. The Hall–Kier alpha value is -1.75. The minimum atomic E-state index is -0.547. The fraction of sp³-hybridized carbons (Fsp3) is 0.467. The molecule has 1 amide bonds. The summed E-state index contributed by atoms with van der Waals surface area (Å²) in [6.45, 7) is 2.69. The van der Waals surface area contributed by atoms with E-state index in [4.69, 9.17) is 5.73 Å². The summed E-state index contributed by atoms with van der Waals surface area (Å²) in [5.41, 5.74) is 6.09. The van der Waals surface area contributed by atoms with Gasteiger partial charge in [-0.1, -0.05) is 0 Å². The summed E-state index contributed by atoms with van der Waals surface area (Å²) >= 11 is 0. The number of carbonyl (C=O) groups is 2. The van der Waals surface area contributed by atoms with E-state index in [1.807, 2.05) is 0 Å². The third-order valence-corrected chi connectivity index (χ3v) is 3.62. The van der Waals surface area contributed by atoms with Crippen LogP contribution in [0.5, 0.6) is 0 Å². The fourth-order valence-corrected chi connectivity index (χ4v) is 2.53. The van der Waals surface area contributed by atoms with Crippen LogP contribution in [0.2, 0.25) is 0 Å². The third-order valence-electron chi connectivity index (χ3n) is 3.62. The first-order valence-corrected chi connectivity index (χ1v) is 6.83. The van der Waals surface area contributed by atoms with Crippen molar-refractivity contribution in [3.8, 4) is 0 Å². The van der Waals surface area contributed by atoms with Crippen molar-refractivity contribution in [1.82, 2.24) is 4.90 Å². The van der Waals surface area contributed by atoms with Gasteiger partial charge in [0.05, 0.1) is 6.04 Å². The van der Waals surface area contributed by atoms with Crippen LogP contribution in [0.1, 0.15) is 30.1 Å². The van der Waals surface area contributed by atoms with Gasteiger partial charge < -0.3 is 10.6 Å². The minimum absolute atomic E-state index is 0.0350. The molecule has 0 aliphatic carbocycles. The molecule has 1 heterocycles. The van der Waals surface area contributed by atoms with Crippen LogP contribution in [-0.4, -0.2) is 35.7 Å². The van der Waals surface area contributed by atoms with E-state index in [9.17, 15) is 14.0 Å². The summed E-state index contributed by atoms with van der Waals surface area (Å²) in [7, 11) is 0. The van der Waals surface area contributed by atoms with Crippen molar-refractivity contribution in [1.29, 1.82) is 0 Å². The second-order valence-corrected chi connectivity index (χ2v) is 5.28. The first-order valence-electron chi connectivity index (χ1n) is 6.83. The Balaban J connectivity index is 2.07. The van der Waals surface area contributed by atoms with Gasteiger partial charge in [0.15, 0.2) is 5.78 Å². The number of piperidine rings is 1. The van der Waals surface area contributed by atoms with Gasteiger partial charge in [-0.25, -0.2) is 4.39 Å². The number of rotatable bonds is 3. The van der Waals surface area contributed by atoms with Crippen LogP contribution in [0.15, 0.2) is 24.3 Å². The number of nitrogens with two attached hydrogens (primary N) is 1. The molecule has 2 atom stereocenters. The standard InChI is InChI=1S/C15H19FN2O2/c1-10(17)15(20)18-8-2-3-12(9-18)14(19)11-4-6-13(16)7-5-11/h4-7,10,12H,2-3,8-9,17H2,1H3/t10-,12?/m1/s1. The summed E-state index contributed by atoms with van der Waals surface area (Å²) < 4.78 is 12.9. The van der Waals surface area contributed by atoms with Crippen molar-refractivity contribution in [2.75, 3.05) is 13.1 Å². The number of likely N-dealkylation sites (tertiary alicyclic amines) is 1. The highest BCUT2D eigenvalue weighted by Crippen LogP contribution is 2.21. The van der Waals surface area contributed by atoms with E-state index < -0.39 is 6.04 Å². The topological polar surface area (TPSA) is 63.4 Å². The highest BCUT2D eigenvalue weighted by atomic mass is 19.1. The van der Waals surface area contributed by atoms with E-state index in [2.05, 4.69) is 0 Å². The van der Waals surface area contributed by atoms with E-state index in [0.717, 1.165) is 12.8 Å². The molecule has 0 aromatic heterocycles. The predicted molar refractivity (Wildman–Crippen MR) is 73.7 cm³/mol. The van der Waals surface area contributed by atoms with E-state index in [0.29, 0.717) is 18.7 Å². The number of ketones is 1. The van der Waals surface area contributed by atoms with E-state index in [1.54, 1.807) is 11.8 Å². The number of Topliss-reactive ketones (excluding diaryl/α,β-unsaturated/α-hetero) is 1. The number of hydrogen-bond acceptors (Lipinski definition) is 3. The average Bonchev–Trinajstić information content (AvgIpc) is 2.46. The Morgan fingerprint density at radius 1 is 1.35 bits per heavy atom. The molecule has 1 aliphatic heterocycles. The molecule has 1 unspecified atom stereocenters. The van der Waals surface area contributed by atoms with Crippen molar-refractivity contribution < 1.29 is 14.0 Å². The lowest BCUT2D eigenvalue weighted by atomic mass is 9.90. The molecule has 2 rings (SSSR count). The van der Waals surface area contributed by atoms with Gasteiger partial charge in [-0.05, 0) is 44.0 Å². The van der Waals surface area contributed by atoms with Gasteiger partial charge in [0.25, 0.3) is 0 Å². The van der Waals surface area contributed by atoms with Crippen LogP contribution in [0.4, 0.5) is 4.39 Å². The normalized spacial score (nSPS) is 20.6. The number of amides is 1. The van der Waals surface area contributed by atoms with E-state index in [1.165, 1.54) is 24.3 Å². The largest absolute Gasteiger partial charge is 0.341 e. The molecule has 0 radical (unpaired) electrons. The number of benzene rings is 1. The van der Waals surface area contributed by atoms with Gasteiger partial charge in [0.2, 0.25) is 5.91 Å². The lowest BCUT2D eigenvalue weighted by Gasteiger charge is -2.33. The summed E-state index contributed by atoms with van der Waals surface area (Å²) in [6.07, 6.45) is 1.54. The van der Waals surface area contributed by atoms with Gasteiger partial charge in [-0.15, -0.1) is 0 Å².